The van der Waals surface area contributed by atoms with Crippen molar-refractivity contribution in [1.82, 2.24) is 30.0 Å². The first-order valence-corrected chi connectivity index (χ1v) is 9.00. The lowest BCUT2D eigenvalue weighted by Crippen LogP contribution is -2.41. The van der Waals surface area contributed by atoms with Crippen molar-refractivity contribution in [3.8, 4) is 11.6 Å². The van der Waals surface area contributed by atoms with Crippen LogP contribution in [0, 0.1) is 6.92 Å². The van der Waals surface area contributed by atoms with Crippen LogP contribution in [0.2, 0.25) is 0 Å². The molecule has 1 unspecified atom stereocenters. The zero-order valence-corrected chi connectivity index (χ0v) is 15.4. The van der Waals surface area contributed by atoms with E-state index in [2.05, 4.69) is 20.5 Å². The summed E-state index contributed by atoms with van der Waals surface area (Å²) in [6, 6.07) is 4.33. The van der Waals surface area contributed by atoms with Gasteiger partial charge in [-0.3, -0.25) is 4.79 Å². The highest BCUT2D eigenvalue weighted by Gasteiger charge is 2.32. The number of nitrogens with zero attached hydrogens (tertiary/aromatic N) is 6. The van der Waals surface area contributed by atoms with Crippen molar-refractivity contribution in [2.24, 2.45) is 0 Å². The minimum absolute atomic E-state index is 0.0149. The van der Waals surface area contributed by atoms with Gasteiger partial charge in [0.05, 0.1) is 17.8 Å². The Kier molecular flexibility index (Phi) is 4.81. The monoisotopic (exact) mass is 406 g/mol. The third-order valence-corrected chi connectivity index (χ3v) is 4.75. The van der Waals surface area contributed by atoms with Gasteiger partial charge in [-0.2, -0.15) is 18.2 Å². The number of amides is 1. The number of piperidine rings is 1. The normalized spacial score (nSPS) is 17.5. The minimum atomic E-state index is -4.50. The molecular formula is C18H17F3N6O2. The molecule has 0 bridgehead atoms. The lowest BCUT2D eigenvalue weighted by atomic mass is 10.0. The average Bonchev–Trinajstić information content (AvgIpc) is 3.36. The zero-order chi connectivity index (χ0) is 20.6. The molecule has 0 radical (unpaired) electrons. The van der Waals surface area contributed by atoms with E-state index in [9.17, 15) is 18.0 Å². The summed E-state index contributed by atoms with van der Waals surface area (Å²) in [5, 5.41) is 11.8. The highest BCUT2D eigenvalue weighted by molar-refractivity contribution is 5.94. The Labute approximate surface area is 163 Å². The van der Waals surface area contributed by atoms with Gasteiger partial charge in [-0.15, -0.1) is 5.10 Å². The number of halogens is 3. The summed E-state index contributed by atoms with van der Waals surface area (Å²) in [4.78, 5) is 18.4. The number of aryl methyl sites for hydroxylation is 1. The average molecular weight is 406 g/mol. The molecule has 152 valence electrons. The number of hydrogen-bond acceptors (Lipinski definition) is 6. The predicted molar refractivity (Wildman–Crippen MR) is 93.7 cm³/mol. The number of likely N-dealkylation sites (tertiary alicyclic amines) is 1. The summed E-state index contributed by atoms with van der Waals surface area (Å²) in [6.45, 7) is 2.48. The van der Waals surface area contributed by atoms with Gasteiger partial charge in [-0.05, 0) is 38.0 Å². The highest BCUT2D eigenvalue weighted by atomic mass is 19.4. The van der Waals surface area contributed by atoms with Crippen molar-refractivity contribution in [3.05, 3.63) is 47.4 Å². The minimum Gasteiger partial charge on any atom is -0.337 e. The fraction of sp³-hybridized carbons (Fsp3) is 0.389. The molecule has 1 atom stereocenters. The number of carbonyl (C=O) groups excluding carboxylic acids is 1. The van der Waals surface area contributed by atoms with E-state index in [0.29, 0.717) is 31.0 Å². The lowest BCUT2D eigenvalue weighted by Gasteiger charge is -2.32. The number of rotatable bonds is 3. The highest BCUT2D eigenvalue weighted by Crippen LogP contribution is 2.30. The number of aromatic nitrogens is 5. The summed E-state index contributed by atoms with van der Waals surface area (Å²) in [6.07, 6.45) is -1.37. The Balaban J connectivity index is 1.50. The van der Waals surface area contributed by atoms with Crippen molar-refractivity contribution in [3.63, 3.8) is 0 Å². The van der Waals surface area contributed by atoms with E-state index >= 15 is 0 Å². The molecule has 1 fully saturated rings. The quantitative estimate of drug-likeness (QED) is 0.664. The van der Waals surface area contributed by atoms with Crippen LogP contribution in [0.5, 0.6) is 0 Å². The van der Waals surface area contributed by atoms with E-state index in [1.54, 1.807) is 22.7 Å². The maximum absolute atomic E-state index is 12.9. The molecule has 0 saturated carbocycles. The second-order valence-electron chi connectivity index (χ2n) is 6.86. The maximum Gasteiger partial charge on any atom is 0.416 e. The SMILES string of the molecule is Cc1noc(-c2cn(C3CCCN(C(=O)c4cccc(C(F)(F)F)c4)C3)nn2)n1. The van der Waals surface area contributed by atoms with Gasteiger partial charge in [0.2, 0.25) is 0 Å². The van der Waals surface area contributed by atoms with E-state index in [0.717, 1.165) is 18.6 Å². The lowest BCUT2D eigenvalue weighted by molar-refractivity contribution is -0.137. The van der Waals surface area contributed by atoms with Crippen LogP contribution in [0.25, 0.3) is 11.6 Å². The summed E-state index contributed by atoms with van der Waals surface area (Å²) < 4.78 is 45.5. The van der Waals surface area contributed by atoms with Crippen LogP contribution in [-0.2, 0) is 6.18 Å². The van der Waals surface area contributed by atoms with E-state index in [1.165, 1.54) is 12.1 Å². The molecule has 8 nitrogen and oxygen atoms in total. The van der Waals surface area contributed by atoms with Crippen molar-refractivity contribution >= 4 is 5.91 Å². The van der Waals surface area contributed by atoms with Gasteiger partial charge in [-0.1, -0.05) is 16.4 Å². The summed E-state index contributed by atoms with van der Waals surface area (Å²) in [5.41, 5.74) is -0.402. The molecule has 29 heavy (non-hydrogen) atoms. The summed E-state index contributed by atoms with van der Waals surface area (Å²) in [5.74, 6) is 0.292. The fourth-order valence-corrected chi connectivity index (χ4v) is 3.32. The van der Waals surface area contributed by atoms with Crippen molar-refractivity contribution < 1.29 is 22.5 Å². The molecule has 0 spiro atoms. The molecule has 3 aromatic rings. The fourth-order valence-electron chi connectivity index (χ4n) is 3.32. The van der Waals surface area contributed by atoms with Crippen LogP contribution in [0.1, 0.15) is 40.6 Å². The first-order chi connectivity index (χ1) is 13.8. The Hall–Kier alpha value is -3.24. The second kappa shape index (κ2) is 7.30. The van der Waals surface area contributed by atoms with Crippen molar-refractivity contribution in [2.45, 2.75) is 32.0 Å². The van der Waals surface area contributed by atoms with Crippen LogP contribution in [0.15, 0.2) is 35.0 Å². The molecule has 1 aliphatic heterocycles. The Morgan fingerprint density at radius 3 is 2.86 bits per heavy atom. The molecule has 3 heterocycles. The number of alkyl halides is 3. The van der Waals surface area contributed by atoms with E-state index in [1.807, 2.05) is 0 Å². The summed E-state index contributed by atoms with van der Waals surface area (Å²) >= 11 is 0. The molecular weight excluding hydrogens is 389 g/mol. The van der Waals surface area contributed by atoms with Crippen LogP contribution >= 0.6 is 0 Å². The second-order valence-corrected chi connectivity index (χ2v) is 6.86. The van der Waals surface area contributed by atoms with Gasteiger partial charge in [0.15, 0.2) is 11.5 Å². The molecule has 2 aromatic heterocycles. The molecule has 1 aliphatic rings. The topological polar surface area (TPSA) is 89.9 Å². The van der Waals surface area contributed by atoms with Crippen LogP contribution in [0.3, 0.4) is 0 Å². The Morgan fingerprint density at radius 1 is 1.31 bits per heavy atom. The largest absolute Gasteiger partial charge is 0.416 e. The molecule has 1 aromatic carbocycles. The van der Waals surface area contributed by atoms with E-state index in [-0.39, 0.29) is 17.5 Å². The predicted octanol–water partition coefficient (Wildman–Crippen LogP) is 3.13. The van der Waals surface area contributed by atoms with E-state index in [4.69, 9.17) is 4.52 Å². The maximum atomic E-state index is 12.9. The number of hydrogen-bond donors (Lipinski definition) is 0. The van der Waals surface area contributed by atoms with Crippen molar-refractivity contribution in [2.75, 3.05) is 13.1 Å². The van der Waals surface area contributed by atoms with Crippen LogP contribution in [0.4, 0.5) is 13.2 Å². The number of benzene rings is 1. The molecule has 0 N–H and O–H groups in total. The molecule has 11 heteroatoms. The van der Waals surface area contributed by atoms with Gasteiger partial charge in [0, 0.05) is 18.7 Å². The standard InChI is InChI=1S/C18H17F3N6O2/c1-11-22-16(29-24-11)15-10-27(25-23-15)14-6-3-7-26(9-14)17(28)12-4-2-5-13(8-12)18(19,20)21/h2,4-5,8,10,14H,3,6-7,9H2,1H3. The Morgan fingerprint density at radius 2 is 2.14 bits per heavy atom. The van der Waals surface area contributed by atoms with Gasteiger partial charge in [0.25, 0.3) is 11.8 Å². The van der Waals surface area contributed by atoms with Gasteiger partial charge < -0.3 is 9.42 Å². The van der Waals surface area contributed by atoms with Crippen LogP contribution in [-0.4, -0.2) is 49.0 Å². The molecule has 1 amide bonds. The molecule has 4 rings (SSSR count). The first-order valence-electron chi connectivity index (χ1n) is 9.00. The van der Waals surface area contributed by atoms with Gasteiger partial charge >= 0.3 is 6.18 Å². The third-order valence-electron chi connectivity index (χ3n) is 4.75. The third kappa shape index (κ3) is 3.98. The van der Waals surface area contributed by atoms with Crippen molar-refractivity contribution in [1.29, 1.82) is 0 Å². The molecule has 1 saturated heterocycles. The summed E-state index contributed by atoms with van der Waals surface area (Å²) in [7, 11) is 0. The first kappa shape index (κ1) is 19.1. The van der Waals surface area contributed by atoms with E-state index < -0.39 is 17.6 Å². The van der Waals surface area contributed by atoms with Gasteiger partial charge in [-0.25, -0.2) is 4.68 Å². The Bertz CT molecular complexity index is 1030. The smallest absolute Gasteiger partial charge is 0.337 e. The number of carbonyl (C=O) groups is 1. The zero-order valence-electron chi connectivity index (χ0n) is 15.4. The van der Waals surface area contributed by atoms with Crippen LogP contribution < -0.4 is 0 Å². The molecule has 0 aliphatic carbocycles. The van der Waals surface area contributed by atoms with Gasteiger partial charge in [0.1, 0.15) is 0 Å².